The fourth-order valence-electron chi connectivity index (χ4n) is 1.36. The van der Waals surface area contributed by atoms with Crippen molar-refractivity contribution in [1.82, 2.24) is 0 Å². The Hall–Kier alpha value is -1.02. The number of Topliss-reactive ketones (excluding diaryl/α,β-unsaturated/α-hetero) is 1. The van der Waals surface area contributed by atoms with Gasteiger partial charge in [-0.25, -0.2) is 0 Å². The van der Waals surface area contributed by atoms with Crippen LogP contribution < -0.4 is 4.74 Å². The molecule has 3 heteroatoms. The van der Waals surface area contributed by atoms with Crippen LogP contribution in [0.15, 0.2) is 24.3 Å². The molecule has 0 saturated heterocycles. The van der Waals surface area contributed by atoms with E-state index in [1.807, 2.05) is 24.3 Å². The lowest BCUT2D eigenvalue weighted by Crippen LogP contribution is -2.02. The Kier molecular flexibility index (Phi) is 5.19. The summed E-state index contributed by atoms with van der Waals surface area (Å²) in [4.78, 5) is 11.5. The molecule has 1 rings (SSSR count). The second-order valence-corrected chi connectivity index (χ2v) is 3.74. The van der Waals surface area contributed by atoms with Crippen LogP contribution in [0.4, 0.5) is 0 Å². The van der Waals surface area contributed by atoms with E-state index < -0.39 is 0 Å². The highest BCUT2D eigenvalue weighted by molar-refractivity contribution is 6.17. The van der Waals surface area contributed by atoms with Crippen molar-refractivity contribution in [3.05, 3.63) is 29.8 Å². The maximum Gasteiger partial charge on any atom is 0.137 e. The molecule has 0 aliphatic carbocycles. The fraction of sp³-hybridized carbons (Fsp3) is 0.417. The summed E-state index contributed by atoms with van der Waals surface area (Å²) in [6.07, 6.45) is 1.78. The lowest BCUT2D eigenvalue weighted by molar-refractivity contribution is -0.118. The SMILES string of the molecule is COc1cccc(CC(=O)CCCCl)c1. The predicted molar refractivity (Wildman–Crippen MR) is 61.7 cm³/mol. The molecule has 0 unspecified atom stereocenters. The number of ketones is 1. The van der Waals surface area contributed by atoms with Crippen LogP contribution in [0.5, 0.6) is 5.75 Å². The lowest BCUT2D eigenvalue weighted by atomic mass is 10.1. The van der Waals surface area contributed by atoms with Gasteiger partial charge in [-0.05, 0) is 24.1 Å². The summed E-state index contributed by atoms with van der Waals surface area (Å²) >= 11 is 5.52. The first-order chi connectivity index (χ1) is 7.26. The number of ether oxygens (including phenoxy) is 1. The number of hydrogen-bond acceptors (Lipinski definition) is 2. The van der Waals surface area contributed by atoms with Crippen LogP contribution in [-0.4, -0.2) is 18.8 Å². The van der Waals surface area contributed by atoms with Gasteiger partial charge in [0.1, 0.15) is 11.5 Å². The first-order valence-electron chi connectivity index (χ1n) is 4.97. The van der Waals surface area contributed by atoms with Crippen molar-refractivity contribution >= 4 is 17.4 Å². The first kappa shape index (κ1) is 12.1. The maximum atomic E-state index is 11.5. The Balaban J connectivity index is 2.52. The van der Waals surface area contributed by atoms with Crippen molar-refractivity contribution in [2.75, 3.05) is 13.0 Å². The van der Waals surface area contributed by atoms with Gasteiger partial charge in [-0.3, -0.25) is 4.79 Å². The monoisotopic (exact) mass is 226 g/mol. The molecular formula is C12H15ClO2. The molecule has 1 aromatic rings. The lowest BCUT2D eigenvalue weighted by Gasteiger charge is -2.03. The van der Waals surface area contributed by atoms with Gasteiger partial charge in [-0.15, -0.1) is 11.6 Å². The highest BCUT2D eigenvalue weighted by atomic mass is 35.5. The minimum absolute atomic E-state index is 0.226. The summed E-state index contributed by atoms with van der Waals surface area (Å²) in [5.74, 6) is 1.56. The third-order valence-corrected chi connectivity index (χ3v) is 2.39. The molecule has 0 bridgehead atoms. The molecular weight excluding hydrogens is 212 g/mol. The molecule has 0 amide bonds. The third kappa shape index (κ3) is 4.34. The Morgan fingerprint density at radius 3 is 2.93 bits per heavy atom. The Bertz CT molecular complexity index is 323. The number of methoxy groups -OCH3 is 1. The van der Waals surface area contributed by atoms with Crippen LogP contribution in [0.1, 0.15) is 18.4 Å². The van der Waals surface area contributed by atoms with Crippen LogP contribution in [0.3, 0.4) is 0 Å². The number of rotatable bonds is 6. The predicted octanol–water partition coefficient (Wildman–Crippen LogP) is 2.83. The summed E-state index contributed by atoms with van der Waals surface area (Å²) in [6.45, 7) is 0. The molecule has 0 spiro atoms. The van der Waals surface area contributed by atoms with Gasteiger partial charge >= 0.3 is 0 Å². The number of alkyl halides is 1. The second kappa shape index (κ2) is 6.46. The molecule has 15 heavy (non-hydrogen) atoms. The molecule has 0 N–H and O–H groups in total. The highest BCUT2D eigenvalue weighted by Gasteiger charge is 2.03. The molecule has 0 aromatic heterocycles. The Labute approximate surface area is 95.2 Å². The average Bonchev–Trinajstić information content (AvgIpc) is 2.26. The normalized spacial score (nSPS) is 10.0. The molecule has 2 nitrogen and oxygen atoms in total. The average molecular weight is 227 g/mol. The Morgan fingerprint density at radius 2 is 2.27 bits per heavy atom. The summed E-state index contributed by atoms with van der Waals surface area (Å²) in [5, 5.41) is 0. The standard InChI is InChI=1S/C12H15ClO2/c1-15-12-6-2-4-10(9-12)8-11(14)5-3-7-13/h2,4,6,9H,3,5,7-8H2,1H3. The zero-order valence-corrected chi connectivity index (χ0v) is 9.59. The van der Waals surface area contributed by atoms with E-state index in [9.17, 15) is 4.79 Å². The maximum absolute atomic E-state index is 11.5. The van der Waals surface area contributed by atoms with Gasteiger partial charge < -0.3 is 4.74 Å². The fourth-order valence-corrected chi connectivity index (χ4v) is 1.50. The van der Waals surface area contributed by atoms with Crippen LogP contribution in [-0.2, 0) is 11.2 Å². The summed E-state index contributed by atoms with van der Waals surface area (Å²) in [6, 6.07) is 7.58. The van der Waals surface area contributed by atoms with E-state index in [1.54, 1.807) is 7.11 Å². The molecule has 0 radical (unpaired) electrons. The van der Waals surface area contributed by atoms with Crippen molar-refractivity contribution in [3.63, 3.8) is 0 Å². The van der Waals surface area contributed by atoms with Crippen molar-refractivity contribution in [2.24, 2.45) is 0 Å². The van der Waals surface area contributed by atoms with E-state index in [1.165, 1.54) is 0 Å². The molecule has 0 fully saturated rings. The van der Waals surface area contributed by atoms with Gasteiger partial charge in [0, 0.05) is 18.7 Å². The third-order valence-electron chi connectivity index (χ3n) is 2.12. The van der Waals surface area contributed by atoms with Crippen molar-refractivity contribution in [1.29, 1.82) is 0 Å². The van der Waals surface area contributed by atoms with Gasteiger partial charge in [0.05, 0.1) is 7.11 Å². The van der Waals surface area contributed by atoms with Crippen molar-refractivity contribution in [2.45, 2.75) is 19.3 Å². The topological polar surface area (TPSA) is 26.3 Å². The first-order valence-corrected chi connectivity index (χ1v) is 5.50. The largest absolute Gasteiger partial charge is 0.497 e. The van der Waals surface area contributed by atoms with Crippen molar-refractivity contribution in [3.8, 4) is 5.75 Å². The summed E-state index contributed by atoms with van der Waals surface area (Å²) < 4.78 is 5.09. The minimum atomic E-state index is 0.226. The molecule has 0 heterocycles. The molecule has 1 aromatic carbocycles. The van der Waals surface area contributed by atoms with E-state index in [0.29, 0.717) is 18.7 Å². The highest BCUT2D eigenvalue weighted by Crippen LogP contribution is 2.13. The number of halogens is 1. The van der Waals surface area contributed by atoms with Crippen LogP contribution in [0.2, 0.25) is 0 Å². The molecule has 0 aliphatic rings. The van der Waals surface area contributed by atoms with E-state index in [-0.39, 0.29) is 5.78 Å². The van der Waals surface area contributed by atoms with Gasteiger partial charge in [0.2, 0.25) is 0 Å². The van der Waals surface area contributed by atoms with Crippen LogP contribution >= 0.6 is 11.6 Å². The van der Waals surface area contributed by atoms with E-state index in [4.69, 9.17) is 16.3 Å². The van der Waals surface area contributed by atoms with Gasteiger partial charge in [-0.2, -0.15) is 0 Å². The zero-order chi connectivity index (χ0) is 11.1. The second-order valence-electron chi connectivity index (χ2n) is 3.36. The number of hydrogen-bond donors (Lipinski definition) is 0. The quantitative estimate of drug-likeness (QED) is 0.698. The summed E-state index contributed by atoms with van der Waals surface area (Å²) in [7, 11) is 1.62. The van der Waals surface area contributed by atoms with Gasteiger partial charge in [0.15, 0.2) is 0 Å². The Morgan fingerprint density at radius 1 is 1.47 bits per heavy atom. The van der Waals surface area contributed by atoms with Crippen LogP contribution in [0, 0.1) is 0 Å². The molecule has 0 aliphatic heterocycles. The van der Waals surface area contributed by atoms with Crippen LogP contribution in [0.25, 0.3) is 0 Å². The van der Waals surface area contributed by atoms with Gasteiger partial charge in [-0.1, -0.05) is 12.1 Å². The molecule has 0 saturated carbocycles. The molecule has 0 atom stereocenters. The number of carbonyl (C=O) groups excluding carboxylic acids is 1. The summed E-state index contributed by atoms with van der Waals surface area (Å²) in [5.41, 5.74) is 0.994. The number of carbonyl (C=O) groups is 1. The van der Waals surface area contributed by atoms with Gasteiger partial charge in [0.25, 0.3) is 0 Å². The molecule has 82 valence electrons. The van der Waals surface area contributed by atoms with Crippen molar-refractivity contribution < 1.29 is 9.53 Å². The van der Waals surface area contributed by atoms with E-state index >= 15 is 0 Å². The smallest absolute Gasteiger partial charge is 0.137 e. The number of benzene rings is 1. The zero-order valence-electron chi connectivity index (χ0n) is 8.83. The van der Waals surface area contributed by atoms with E-state index in [0.717, 1.165) is 17.7 Å². The van der Waals surface area contributed by atoms with E-state index in [2.05, 4.69) is 0 Å². The minimum Gasteiger partial charge on any atom is -0.497 e.